The maximum Gasteiger partial charge on any atom is 0.0594 e. The van der Waals surface area contributed by atoms with Gasteiger partial charge in [0.25, 0.3) is 0 Å². The molecule has 0 aromatic heterocycles. The minimum atomic E-state index is 0.286. The summed E-state index contributed by atoms with van der Waals surface area (Å²) in [6.45, 7) is 8.48. The molecule has 2 N–H and O–H groups in total. The molecule has 1 aliphatic heterocycles. The molecule has 1 heterocycles. The van der Waals surface area contributed by atoms with Crippen LogP contribution in [0.2, 0.25) is 0 Å². The highest BCUT2D eigenvalue weighted by Gasteiger charge is 2.44. The second-order valence-electron chi connectivity index (χ2n) is 6.15. The standard InChI is InChI=1S/C14H28N2O/c1-12(2)11-13(15)14(5-3-4-6-14)16-7-9-17-10-8-16/h12-13H,3-11,15H2,1-2H3. The molecule has 0 bridgehead atoms. The Morgan fingerprint density at radius 1 is 1.18 bits per heavy atom. The highest BCUT2D eigenvalue weighted by Crippen LogP contribution is 2.39. The summed E-state index contributed by atoms with van der Waals surface area (Å²) in [4.78, 5) is 2.64. The fraction of sp³-hybridized carbons (Fsp3) is 1.00. The Hall–Kier alpha value is -0.120. The lowest BCUT2D eigenvalue weighted by Gasteiger charge is -2.47. The lowest BCUT2D eigenvalue weighted by molar-refractivity contribution is -0.0329. The summed E-state index contributed by atoms with van der Waals surface area (Å²) in [6.07, 6.45) is 6.44. The van der Waals surface area contributed by atoms with Crippen molar-refractivity contribution in [2.45, 2.75) is 57.5 Å². The third-order valence-electron chi connectivity index (χ3n) is 4.53. The number of nitrogens with zero attached hydrogens (tertiary/aromatic N) is 1. The van der Waals surface area contributed by atoms with Gasteiger partial charge in [-0.15, -0.1) is 0 Å². The highest BCUT2D eigenvalue weighted by atomic mass is 16.5. The van der Waals surface area contributed by atoms with Gasteiger partial charge in [-0.1, -0.05) is 26.7 Å². The average Bonchev–Trinajstić information content (AvgIpc) is 2.79. The summed E-state index contributed by atoms with van der Waals surface area (Å²) in [6, 6.07) is 0.336. The quantitative estimate of drug-likeness (QED) is 0.817. The molecule has 1 saturated heterocycles. The molecule has 0 radical (unpaired) electrons. The van der Waals surface area contributed by atoms with Gasteiger partial charge in [0.15, 0.2) is 0 Å². The van der Waals surface area contributed by atoms with Crippen molar-refractivity contribution in [2.24, 2.45) is 11.7 Å². The first-order valence-corrected chi connectivity index (χ1v) is 7.23. The van der Waals surface area contributed by atoms with Crippen LogP contribution in [0.5, 0.6) is 0 Å². The van der Waals surface area contributed by atoms with Crippen LogP contribution in [0.1, 0.15) is 46.0 Å². The van der Waals surface area contributed by atoms with Crippen molar-refractivity contribution in [3.63, 3.8) is 0 Å². The van der Waals surface area contributed by atoms with E-state index in [-0.39, 0.29) is 5.54 Å². The fourth-order valence-electron chi connectivity index (χ4n) is 3.64. The lowest BCUT2D eigenvalue weighted by atomic mass is 9.82. The predicted molar refractivity (Wildman–Crippen MR) is 71.0 cm³/mol. The van der Waals surface area contributed by atoms with Gasteiger partial charge in [-0.2, -0.15) is 0 Å². The second kappa shape index (κ2) is 5.68. The molecular formula is C14H28N2O. The maximum absolute atomic E-state index is 6.56. The molecule has 100 valence electrons. The smallest absolute Gasteiger partial charge is 0.0594 e. The van der Waals surface area contributed by atoms with Crippen molar-refractivity contribution in [1.82, 2.24) is 4.90 Å². The summed E-state index contributed by atoms with van der Waals surface area (Å²) >= 11 is 0. The van der Waals surface area contributed by atoms with Crippen LogP contribution in [0.4, 0.5) is 0 Å². The number of hydrogen-bond donors (Lipinski definition) is 1. The van der Waals surface area contributed by atoms with Gasteiger partial charge in [-0.25, -0.2) is 0 Å². The molecule has 2 aliphatic rings. The van der Waals surface area contributed by atoms with E-state index in [2.05, 4.69) is 18.7 Å². The minimum absolute atomic E-state index is 0.286. The molecule has 0 aromatic carbocycles. The molecule has 0 amide bonds. The van der Waals surface area contributed by atoms with Gasteiger partial charge in [0.2, 0.25) is 0 Å². The lowest BCUT2D eigenvalue weighted by Crippen LogP contribution is -2.61. The number of rotatable bonds is 4. The van der Waals surface area contributed by atoms with Crippen LogP contribution in [-0.2, 0) is 4.74 Å². The van der Waals surface area contributed by atoms with Gasteiger partial charge >= 0.3 is 0 Å². The van der Waals surface area contributed by atoms with E-state index in [1.807, 2.05) is 0 Å². The molecule has 17 heavy (non-hydrogen) atoms. The van der Waals surface area contributed by atoms with Crippen molar-refractivity contribution in [3.05, 3.63) is 0 Å². The van der Waals surface area contributed by atoms with Crippen LogP contribution in [0.25, 0.3) is 0 Å². The fourth-order valence-corrected chi connectivity index (χ4v) is 3.64. The predicted octanol–water partition coefficient (Wildman–Crippen LogP) is 2.00. The minimum Gasteiger partial charge on any atom is -0.379 e. The van der Waals surface area contributed by atoms with E-state index in [1.165, 1.54) is 25.7 Å². The van der Waals surface area contributed by atoms with E-state index >= 15 is 0 Å². The van der Waals surface area contributed by atoms with Crippen LogP contribution >= 0.6 is 0 Å². The van der Waals surface area contributed by atoms with Crippen LogP contribution < -0.4 is 5.73 Å². The summed E-state index contributed by atoms with van der Waals surface area (Å²) in [5.41, 5.74) is 6.85. The largest absolute Gasteiger partial charge is 0.379 e. The first kappa shape index (κ1) is 13.3. The molecule has 1 aliphatic carbocycles. The number of nitrogens with two attached hydrogens (primary N) is 1. The average molecular weight is 240 g/mol. The first-order valence-electron chi connectivity index (χ1n) is 7.23. The Morgan fingerprint density at radius 3 is 2.29 bits per heavy atom. The van der Waals surface area contributed by atoms with E-state index in [1.54, 1.807) is 0 Å². The van der Waals surface area contributed by atoms with Gasteiger partial charge < -0.3 is 10.5 Å². The van der Waals surface area contributed by atoms with Gasteiger partial charge in [0.05, 0.1) is 13.2 Å². The van der Waals surface area contributed by atoms with Gasteiger partial charge in [-0.3, -0.25) is 4.90 Å². The van der Waals surface area contributed by atoms with Crippen LogP contribution in [0.3, 0.4) is 0 Å². The third kappa shape index (κ3) is 2.83. The molecule has 1 saturated carbocycles. The molecule has 3 heteroatoms. The molecule has 1 atom stereocenters. The van der Waals surface area contributed by atoms with Crippen molar-refractivity contribution < 1.29 is 4.74 Å². The Labute approximate surface area is 106 Å². The summed E-state index contributed by atoms with van der Waals surface area (Å²) < 4.78 is 5.48. The normalized spacial score (nSPS) is 27.5. The Bertz CT molecular complexity index is 230. The number of ether oxygens (including phenoxy) is 1. The zero-order chi connectivity index (χ0) is 12.3. The molecular weight excluding hydrogens is 212 g/mol. The van der Waals surface area contributed by atoms with E-state index in [0.29, 0.717) is 12.0 Å². The van der Waals surface area contributed by atoms with E-state index in [4.69, 9.17) is 10.5 Å². The van der Waals surface area contributed by atoms with Crippen LogP contribution in [0, 0.1) is 5.92 Å². The molecule has 0 aromatic rings. The van der Waals surface area contributed by atoms with Gasteiger partial charge in [0.1, 0.15) is 0 Å². The SMILES string of the molecule is CC(C)CC(N)C1(N2CCOCC2)CCCC1. The topological polar surface area (TPSA) is 38.5 Å². The molecule has 2 rings (SSSR count). The second-order valence-corrected chi connectivity index (χ2v) is 6.15. The van der Waals surface area contributed by atoms with E-state index < -0.39 is 0 Å². The zero-order valence-electron chi connectivity index (χ0n) is 11.5. The Kier molecular flexibility index (Phi) is 4.45. The van der Waals surface area contributed by atoms with Crippen LogP contribution in [0.15, 0.2) is 0 Å². The van der Waals surface area contributed by atoms with Crippen LogP contribution in [-0.4, -0.2) is 42.8 Å². The maximum atomic E-state index is 6.56. The van der Waals surface area contributed by atoms with Crippen molar-refractivity contribution in [2.75, 3.05) is 26.3 Å². The highest BCUT2D eigenvalue weighted by molar-refractivity contribution is 5.03. The number of hydrogen-bond acceptors (Lipinski definition) is 3. The van der Waals surface area contributed by atoms with Gasteiger partial charge in [0, 0.05) is 24.7 Å². The van der Waals surface area contributed by atoms with Crippen molar-refractivity contribution in [3.8, 4) is 0 Å². The summed E-state index contributed by atoms with van der Waals surface area (Å²) in [7, 11) is 0. The molecule has 0 spiro atoms. The molecule has 2 fully saturated rings. The molecule has 3 nitrogen and oxygen atoms in total. The van der Waals surface area contributed by atoms with E-state index in [0.717, 1.165) is 32.7 Å². The van der Waals surface area contributed by atoms with Crippen molar-refractivity contribution in [1.29, 1.82) is 0 Å². The zero-order valence-corrected chi connectivity index (χ0v) is 11.5. The Morgan fingerprint density at radius 2 is 1.76 bits per heavy atom. The summed E-state index contributed by atoms with van der Waals surface area (Å²) in [5, 5.41) is 0. The summed E-state index contributed by atoms with van der Waals surface area (Å²) in [5.74, 6) is 0.698. The monoisotopic (exact) mass is 240 g/mol. The number of morpholine rings is 1. The van der Waals surface area contributed by atoms with Gasteiger partial charge in [-0.05, 0) is 25.2 Å². The first-order chi connectivity index (χ1) is 8.15. The Balaban J connectivity index is 2.07. The van der Waals surface area contributed by atoms with Crippen molar-refractivity contribution >= 4 is 0 Å². The third-order valence-corrected chi connectivity index (χ3v) is 4.53. The van der Waals surface area contributed by atoms with E-state index in [9.17, 15) is 0 Å². The molecule has 1 unspecified atom stereocenters.